The number of anilines is 1. The van der Waals surface area contributed by atoms with Crippen molar-refractivity contribution in [3.8, 4) is 0 Å². The number of nitrogens with one attached hydrogen (secondary N) is 2. The molecule has 1 aromatic rings. The summed E-state index contributed by atoms with van der Waals surface area (Å²) in [4.78, 5) is 13.6. The molecular formula is C22H37F2IN6. The molecule has 3 heterocycles. The zero-order chi connectivity index (χ0) is 21.2. The molecule has 0 amide bonds. The maximum absolute atomic E-state index is 12.6. The Hall–Kier alpha value is -1.23. The molecule has 9 heteroatoms. The van der Waals surface area contributed by atoms with E-state index in [1.165, 1.54) is 25.7 Å². The zero-order valence-corrected chi connectivity index (χ0v) is 20.9. The Balaban J connectivity index is 0.00000341. The molecule has 2 saturated heterocycles. The van der Waals surface area contributed by atoms with Crippen LogP contribution in [-0.2, 0) is 6.54 Å². The highest BCUT2D eigenvalue weighted by molar-refractivity contribution is 14.0. The van der Waals surface area contributed by atoms with Gasteiger partial charge in [0.25, 0.3) is 6.43 Å². The highest BCUT2D eigenvalue weighted by Gasteiger charge is 2.22. The van der Waals surface area contributed by atoms with Crippen LogP contribution in [0.2, 0.25) is 0 Å². The lowest BCUT2D eigenvalue weighted by atomic mass is 10.1. The lowest BCUT2D eigenvalue weighted by molar-refractivity contribution is 0.0744. The number of nitrogens with zero attached hydrogens (tertiary/aromatic N) is 4. The third-order valence-electron chi connectivity index (χ3n) is 5.83. The summed E-state index contributed by atoms with van der Waals surface area (Å²) in [5.41, 5.74) is 1.15. The van der Waals surface area contributed by atoms with Gasteiger partial charge in [-0.2, -0.15) is 0 Å². The molecule has 6 nitrogen and oxygen atoms in total. The quantitative estimate of drug-likeness (QED) is 0.307. The molecule has 0 saturated carbocycles. The monoisotopic (exact) mass is 550 g/mol. The summed E-state index contributed by atoms with van der Waals surface area (Å²) >= 11 is 0. The number of hydrogen-bond donors (Lipinski definition) is 2. The van der Waals surface area contributed by atoms with Gasteiger partial charge in [0, 0.05) is 45.0 Å². The first-order chi connectivity index (χ1) is 14.6. The third kappa shape index (κ3) is 9.03. The third-order valence-corrected chi connectivity index (χ3v) is 5.83. The van der Waals surface area contributed by atoms with Gasteiger partial charge in [0.2, 0.25) is 0 Å². The molecule has 2 N–H and O–H groups in total. The number of halogens is 3. The summed E-state index contributed by atoms with van der Waals surface area (Å²) in [7, 11) is 0. The van der Waals surface area contributed by atoms with Gasteiger partial charge >= 0.3 is 0 Å². The number of piperidine rings is 1. The van der Waals surface area contributed by atoms with Crippen molar-refractivity contribution in [1.82, 2.24) is 20.5 Å². The minimum absolute atomic E-state index is 0. The molecule has 2 aliphatic heterocycles. The molecule has 0 radical (unpaired) electrons. The predicted molar refractivity (Wildman–Crippen MR) is 134 cm³/mol. The second-order valence-corrected chi connectivity index (χ2v) is 8.23. The molecule has 2 fully saturated rings. The molecule has 0 unspecified atom stereocenters. The summed E-state index contributed by atoms with van der Waals surface area (Å²) in [6.07, 6.45) is 6.40. The van der Waals surface area contributed by atoms with E-state index in [2.05, 4.69) is 26.6 Å². The molecule has 3 rings (SSSR count). The Bertz CT molecular complexity index is 659. The van der Waals surface area contributed by atoms with Crippen molar-refractivity contribution in [1.29, 1.82) is 0 Å². The van der Waals surface area contributed by atoms with Crippen LogP contribution < -0.4 is 15.5 Å². The maximum Gasteiger partial charge on any atom is 0.251 e. The first-order valence-electron chi connectivity index (χ1n) is 11.4. The average molecular weight is 550 g/mol. The molecule has 0 atom stereocenters. The van der Waals surface area contributed by atoms with Crippen molar-refractivity contribution < 1.29 is 8.78 Å². The number of aliphatic imine (C=N–C) groups is 1. The largest absolute Gasteiger partial charge is 0.357 e. The van der Waals surface area contributed by atoms with Gasteiger partial charge < -0.3 is 15.5 Å². The van der Waals surface area contributed by atoms with E-state index in [1.54, 1.807) is 0 Å². The molecule has 31 heavy (non-hydrogen) atoms. The van der Waals surface area contributed by atoms with Crippen molar-refractivity contribution in [3.05, 3.63) is 23.9 Å². The highest BCUT2D eigenvalue weighted by Crippen LogP contribution is 2.18. The van der Waals surface area contributed by atoms with Gasteiger partial charge in [0.05, 0.1) is 13.1 Å². The number of pyridine rings is 1. The Labute approximate surface area is 202 Å². The highest BCUT2D eigenvalue weighted by atomic mass is 127. The molecule has 1 aromatic heterocycles. The predicted octanol–water partition coefficient (Wildman–Crippen LogP) is 3.86. The van der Waals surface area contributed by atoms with Gasteiger partial charge in [-0.05, 0) is 50.3 Å². The molecule has 0 aliphatic carbocycles. The van der Waals surface area contributed by atoms with Crippen LogP contribution in [0.4, 0.5) is 14.6 Å². The van der Waals surface area contributed by atoms with E-state index in [0.717, 1.165) is 49.8 Å². The average Bonchev–Trinajstić information content (AvgIpc) is 3.03. The molecule has 0 aromatic carbocycles. The van der Waals surface area contributed by atoms with Crippen LogP contribution in [0.25, 0.3) is 0 Å². The molecule has 0 spiro atoms. The number of rotatable bonds is 7. The van der Waals surface area contributed by atoms with Gasteiger partial charge in [0.15, 0.2) is 5.96 Å². The Morgan fingerprint density at radius 1 is 1.16 bits per heavy atom. The SMILES string of the molecule is CCNC(=NCc1ccnc(N2CCCCCC2)c1)NC1CCN(CC(F)F)CC1.I. The van der Waals surface area contributed by atoms with E-state index in [0.29, 0.717) is 19.6 Å². The second kappa shape index (κ2) is 14.0. The normalized spacial score (nSPS) is 19.1. The Morgan fingerprint density at radius 3 is 2.52 bits per heavy atom. The maximum atomic E-state index is 12.6. The van der Waals surface area contributed by atoms with E-state index in [4.69, 9.17) is 4.99 Å². The molecule has 0 bridgehead atoms. The van der Waals surface area contributed by atoms with Crippen LogP contribution in [-0.4, -0.2) is 67.6 Å². The van der Waals surface area contributed by atoms with E-state index in [9.17, 15) is 8.78 Å². The van der Waals surface area contributed by atoms with Crippen LogP contribution in [0.5, 0.6) is 0 Å². The van der Waals surface area contributed by atoms with E-state index in [1.807, 2.05) is 24.1 Å². The van der Waals surface area contributed by atoms with Crippen LogP contribution in [0.3, 0.4) is 0 Å². The van der Waals surface area contributed by atoms with Crippen molar-refractivity contribution in [2.45, 2.75) is 64.5 Å². The Kier molecular flexibility index (Phi) is 11.8. The van der Waals surface area contributed by atoms with Gasteiger partial charge in [-0.15, -0.1) is 24.0 Å². The van der Waals surface area contributed by atoms with Crippen LogP contribution >= 0.6 is 24.0 Å². The van der Waals surface area contributed by atoms with Gasteiger partial charge in [-0.3, -0.25) is 4.90 Å². The number of guanidine groups is 1. The first-order valence-corrected chi connectivity index (χ1v) is 11.4. The minimum atomic E-state index is -2.26. The first kappa shape index (κ1) is 26.0. The summed E-state index contributed by atoms with van der Waals surface area (Å²) in [6, 6.07) is 4.44. The van der Waals surface area contributed by atoms with Crippen LogP contribution in [0, 0.1) is 0 Å². The second-order valence-electron chi connectivity index (χ2n) is 8.23. The van der Waals surface area contributed by atoms with Crippen molar-refractivity contribution in [3.63, 3.8) is 0 Å². The Morgan fingerprint density at radius 2 is 1.87 bits per heavy atom. The van der Waals surface area contributed by atoms with Crippen molar-refractivity contribution in [2.24, 2.45) is 4.99 Å². The van der Waals surface area contributed by atoms with Gasteiger partial charge in [-0.1, -0.05) is 12.8 Å². The van der Waals surface area contributed by atoms with Crippen molar-refractivity contribution >= 4 is 35.8 Å². The summed E-state index contributed by atoms with van der Waals surface area (Å²) < 4.78 is 25.1. The molecule has 2 aliphatic rings. The zero-order valence-electron chi connectivity index (χ0n) is 18.5. The van der Waals surface area contributed by atoms with E-state index in [-0.39, 0.29) is 36.6 Å². The lowest BCUT2D eigenvalue weighted by Crippen LogP contribution is -2.49. The van der Waals surface area contributed by atoms with Crippen molar-refractivity contribution in [2.75, 3.05) is 44.2 Å². The lowest BCUT2D eigenvalue weighted by Gasteiger charge is -2.32. The van der Waals surface area contributed by atoms with Gasteiger partial charge in [0.1, 0.15) is 5.82 Å². The van der Waals surface area contributed by atoms with Crippen LogP contribution in [0.1, 0.15) is 51.0 Å². The molecule has 176 valence electrons. The van der Waals surface area contributed by atoms with Crippen LogP contribution in [0.15, 0.2) is 23.3 Å². The number of likely N-dealkylation sites (tertiary alicyclic amines) is 1. The van der Waals surface area contributed by atoms with E-state index >= 15 is 0 Å². The summed E-state index contributed by atoms with van der Waals surface area (Å²) in [6.45, 7) is 6.85. The smallest absolute Gasteiger partial charge is 0.251 e. The number of hydrogen-bond acceptors (Lipinski definition) is 4. The topological polar surface area (TPSA) is 55.8 Å². The fourth-order valence-corrected chi connectivity index (χ4v) is 4.17. The number of alkyl halides is 2. The fourth-order valence-electron chi connectivity index (χ4n) is 4.17. The summed E-state index contributed by atoms with van der Waals surface area (Å²) in [5.74, 6) is 1.84. The van der Waals surface area contributed by atoms with E-state index < -0.39 is 6.43 Å². The minimum Gasteiger partial charge on any atom is -0.357 e. The summed E-state index contributed by atoms with van der Waals surface area (Å²) in [5, 5.41) is 6.80. The molecular weight excluding hydrogens is 513 g/mol. The number of aromatic nitrogens is 1. The fraction of sp³-hybridized carbons (Fsp3) is 0.727. The van der Waals surface area contributed by atoms with Gasteiger partial charge in [-0.25, -0.2) is 18.8 Å². The standard InChI is InChI=1S/C22H36F2N6.HI/c1-2-25-22(28-19-8-13-29(14-9-19)17-20(23)24)27-16-18-7-10-26-21(15-18)30-11-5-3-4-6-12-30;/h7,10,15,19-20H,2-6,8-9,11-14,16-17H2,1H3,(H2,25,27,28);1H.